The van der Waals surface area contributed by atoms with Gasteiger partial charge >= 0.3 is 0 Å². The number of sulfonamides is 1. The van der Waals surface area contributed by atoms with Gasteiger partial charge in [-0.2, -0.15) is 0 Å². The highest BCUT2D eigenvalue weighted by molar-refractivity contribution is 7.89. The first kappa shape index (κ1) is 21.4. The molecule has 0 radical (unpaired) electrons. The molecule has 2 heterocycles. The normalized spacial score (nSPS) is 16.2. The highest BCUT2D eigenvalue weighted by Gasteiger charge is 2.28. The van der Waals surface area contributed by atoms with Crippen molar-refractivity contribution in [2.75, 3.05) is 44.7 Å². The molecule has 8 heteroatoms. The number of benzene rings is 2. The number of ether oxygens (including phenoxy) is 1. The second-order valence-corrected chi connectivity index (χ2v) is 9.18. The fraction of sp³-hybridized carbons (Fsp3) is 0.304. The molecule has 7 nitrogen and oxygen atoms in total. The van der Waals surface area contributed by atoms with E-state index >= 15 is 0 Å². The number of rotatable bonds is 8. The summed E-state index contributed by atoms with van der Waals surface area (Å²) in [5, 5.41) is 0. The van der Waals surface area contributed by atoms with Crippen molar-refractivity contribution in [3.63, 3.8) is 0 Å². The summed E-state index contributed by atoms with van der Waals surface area (Å²) in [6.45, 7) is 3.52. The third-order valence-electron chi connectivity index (χ3n) is 5.58. The van der Waals surface area contributed by atoms with E-state index in [-0.39, 0.29) is 17.5 Å². The Morgan fingerprint density at radius 3 is 2.29 bits per heavy atom. The molecule has 4 rings (SSSR count). The van der Waals surface area contributed by atoms with E-state index in [4.69, 9.17) is 9.15 Å². The fourth-order valence-corrected chi connectivity index (χ4v) is 4.91. The largest absolute Gasteiger partial charge is 0.497 e. The van der Waals surface area contributed by atoms with Crippen LogP contribution in [0, 0.1) is 0 Å². The van der Waals surface area contributed by atoms with Crippen molar-refractivity contribution in [2.45, 2.75) is 10.9 Å². The van der Waals surface area contributed by atoms with Crippen LogP contribution in [-0.2, 0) is 10.0 Å². The second kappa shape index (κ2) is 9.55. The van der Waals surface area contributed by atoms with Crippen LogP contribution < -0.4 is 14.4 Å². The van der Waals surface area contributed by atoms with Crippen molar-refractivity contribution in [3.8, 4) is 5.75 Å². The smallest absolute Gasteiger partial charge is 0.240 e. The first-order valence-electron chi connectivity index (χ1n) is 10.3. The van der Waals surface area contributed by atoms with Crippen molar-refractivity contribution in [1.82, 2.24) is 9.62 Å². The molecule has 1 saturated heterocycles. The van der Waals surface area contributed by atoms with Crippen molar-refractivity contribution in [1.29, 1.82) is 0 Å². The molecule has 1 aliphatic heterocycles. The van der Waals surface area contributed by atoms with Crippen molar-refractivity contribution in [3.05, 3.63) is 78.8 Å². The zero-order chi connectivity index (χ0) is 21.7. The third kappa shape index (κ3) is 5.10. The van der Waals surface area contributed by atoms with E-state index in [1.807, 2.05) is 24.3 Å². The van der Waals surface area contributed by atoms with E-state index in [0.717, 1.165) is 43.4 Å². The first-order chi connectivity index (χ1) is 15.1. The quantitative estimate of drug-likeness (QED) is 0.579. The van der Waals surface area contributed by atoms with Gasteiger partial charge in [-0.25, -0.2) is 13.1 Å². The average Bonchev–Trinajstić information content (AvgIpc) is 3.35. The summed E-state index contributed by atoms with van der Waals surface area (Å²) in [5.41, 5.74) is 1.15. The molecule has 0 aliphatic carbocycles. The molecule has 2 aromatic carbocycles. The summed E-state index contributed by atoms with van der Waals surface area (Å²) in [6, 6.07) is 20.0. The molecule has 31 heavy (non-hydrogen) atoms. The maximum atomic E-state index is 12.7. The van der Waals surface area contributed by atoms with Crippen LogP contribution >= 0.6 is 0 Å². The Balaban J connectivity index is 1.43. The van der Waals surface area contributed by atoms with E-state index in [9.17, 15) is 8.42 Å². The van der Waals surface area contributed by atoms with Crippen molar-refractivity contribution >= 4 is 15.7 Å². The predicted molar refractivity (Wildman–Crippen MR) is 120 cm³/mol. The van der Waals surface area contributed by atoms with Crippen LogP contribution in [0.1, 0.15) is 11.8 Å². The van der Waals surface area contributed by atoms with Gasteiger partial charge in [0.25, 0.3) is 0 Å². The van der Waals surface area contributed by atoms with E-state index in [0.29, 0.717) is 0 Å². The van der Waals surface area contributed by atoms with Crippen LogP contribution in [0.15, 0.2) is 82.3 Å². The Kier molecular flexibility index (Phi) is 6.60. The van der Waals surface area contributed by atoms with Gasteiger partial charge in [0.05, 0.1) is 24.3 Å². The van der Waals surface area contributed by atoms with Crippen LogP contribution in [0.2, 0.25) is 0 Å². The standard InChI is InChI=1S/C23H27N3O4S/c1-29-20-11-9-19(10-12-20)25-13-15-26(16-14-25)22(23-8-5-17-30-23)18-24-31(27,28)21-6-3-2-4-7-21/h2-12,17,22,24H,13-16,18H2,1H3/t22-/m0/s1. The lowest BCUT2D eigenvalue weighted by Crippen LogP contribution is -2.49. The average molecular weight is 442 g/mol. The van der Waals surface area contributed by atoms with Gasteiger partial charge in [-0.05, 0) is 48.5 Å². The van der Waals surface area contributed by atoms with Crippen LogP contribution in [0.4, 0.5) is 5.69 Å². The van der Waals surface area contributed by atoms with Gasteiger partial charge in [0.15, 0.2) is 0 Å². The Labute approximate surface area is 183 Å². The van der Waals surface area contributed by atoms with Crippen LogP contribution in [0.3, 0.4) is 0 Å². The van der Waals surface area contributed by atoms with Gasteiger partial charge in [-0.1, -0.05) is 18.2 Å². The molecule has 1 N–H and O–H groups in total. The van der Waals surface area contributed by atoms with Gasteiger partial charge in [0.1, 0.15) is 11.5 Å². The van der Waals surface area contributed by atoms with Gasteiger partial charge < -0.3 is 14.1 Å². The number of hydrogen-bond donors (Lipinski definition) is 1. The number of hydrogen-bond acceptors (Lipinski definition) is 6. The topological polar surface area (TPSA) is 75.0 Å². The second-order valence-electron chi connectivity index (χ2n) is 7.42. The number of methoxy groups -OCH3 is 1. The lowest BCUT2D eigenvalue weighted by atomic mass is 10.1. The van der Waals surface area contributed by atoms with Gasteiger partial charge in [-0.15, -0.1) is 0 Å². The molecule has 0 bridgehead atoms. The first-order valence-corrected chi connectivity index (χ1v) is 11.8. The molecular formula is C23H27N3O4S. The predicted octanol–water partition coefficient (Wildman–Crippen LogP) is 3.13. The zero-order valence-corrected chi connectivity index (χ0v) is 18.3. The molecule has 0 unspecified atom stereocenters. The number of anilines is 1. The Morgan fingerprint density at radius 1 is 0.968 bits per heavy atom. The Morgan fingerprint density at radius 2 is 1.68 bits per heavy atom. The molecule has 1 aromatic heterocycles. The molecule has 0 saturated carbocycles. The highest BCUT2D eigenvalue weighted by Crippen LogP contribution is 2.26. The number of nitrogens with zero attached hydrogens (tertiary/aromatic N) is 2. The van der Waals surface area contributed by atoms with Crippen LogP contribution in [0.25, 0.3) is 0 Å². The SMILES string of the molecule is COc1ccc(N2CCN([C@@H](CNS(=O)(=O)c3ccccc3)c3ccco3)CC2)cc1. The minimum atomic E-state index is -3.59. The van der Waals surface area contributed by atoms with Gasteiger partial charge in [0.2, 0.25) is 10.0 Å². The van der Waals surface area contributed by atoms with Gasteiger partial charge in [0, 0.05) is 38.4 Å². The lowest BCUT2D eigenvalue weighted by Gasteiger charge is -2.39. The molecular weight excluding hydrogens is 414 g/mol. The summed E-state index contributed by atoms with van der Waals surface area (Å²) in [6.07, 6.45) is 1.63. The number of piperazine rings is 1. The highest BCUT2D eigenvalue weighted by atomic mass is 32.2. The molecule has 164 valence electrons. The van der Waals surface area contributed by atoms with E-state index in [2.05, 4.69) is 26.7 Å². The molecule has 3 aromatic rings. The van der Waals surface area contributed by atoms with Gasteiger partial charge in [-0.3, -0.25) is 4.90 Å². The summed E-state index contributed by atoms with van der Waals surface area (Å²) in [5.74, 6) is 1.60. The van der Waals surface area contributed by atoms with Crippen molar-refractivity contribution in [2.24, 2.45) is 0 Å². The van der Waals surface area contributed by atoms with Crippen molar-refractivity contribution < 1.29 is 17.6 Å². The molecule has 1 atom stereocenters. The summed E-state index contributed by atoms with van der Waals surface area (Å²) in [4.78, 5) is 4.85. The summed E-state index contributed by atoms with van der Waals surface area (Å²) >= 11 is 0. The third-order valence-corrected chi connectivity index (χ3v) is 7.02. The monoisotopic (exact) mass is 441 g/mol. The molecule has 0 amide bonds. The molecule has 1 aliphatic rings. The lowest BCUT2D eigenvalue weighted by molar-refractivity contribution is 0.166. The maximum Gasteiger partial charge on any atom is 0.240 e. The van der Waals surface area contributed by atoms with Crippen LogP contribution in [0.5, 0.6) is 5.75 Å². The van der Waals surface area contributed by atoms with E-state index < -0.39 is 10.0 Å². The minimum absolute atomic E-state index is 0.175. The summed E-state index contributed by atoms with van der Waals surface area (Å²) < 4.78 is 39.1. The number of furan rings is 1. The Hall–Kier alpha value is -2.81. The number of nitrogens with one attached hydrogen (secondary N) is 1. The minimum Gasteiger partial charge on any atom is -0.497 e. The molecule has 1 fully saturated rings. The summed E-state index contributed by atoms with van der Waals surface area (Å²) in [7, 11) is -1.92. The Bertz CT molecular complexity index is 1050. The van der Waals surface area contributed by atoms with Crippen LogP contribution in [-0.4, -0.2) is 53.2 Å². The maximum absolute atomic E-state index is 12.7. The molecule has 0 spiro atoms. The van der Waals surface area contributed by atoms with E-state index in [1.54, 1.807) is 43.7 Å². The van der Waals surface area contributed by atoms with E-state index in [1.165, 1.54) is 0 Å². The fourth-order valence-electron chi connectivity index (χ4n) is 3.85. The zero-order valence-electron chi connectivity index (χ0n) is 17.5.